The molecule has 7 nitrogen and oxygen atoms in total. The quantitative estimate of drug-likeness (QED) is 0.588. The molecule has 21 heavy (non-hydrogen) atoms. The Hall–Kier alpha value is -1.35. The summed E-state index contributed by atoms with van der Waals surface area (Å²) in [5.74, 6) is 0.614. The van der Waals surface area contributed by atoms with Gasteiger partial charge >= 0.3 is 6.09 Å². The number of anilines is 1. The van der Waals surface area contributed by atoms with Crippen LogP contribution in [0.15, 0.2) is 4.34 Å². The van der Waals surface area contributed by atoms with Gasteiger partial charge in [-0.2, -0.15) is 0 Å². The third-order valence-electron chi connectivity index (χ3n) is 2.61. The Morgan fingerprint density at radius 1 is 1.33 bits per heavy atom. The molecule has 1 atom stereocenters. The van der Waals surface area contributed by atoms with Crippen molar-refractivity contribution in [3.05, 3.63) is 0 Å². The number of thioether (sulfide) groups is 1. The molecule has 1 rings (SSSR count). The smallest absolute Gasteiger partial charge is 0.413 e. The SMILES string of the molecule is CCOC(=O)Nc1nnc(SCC(=O)N[C@H](C)C(C)C)s1. The lowest BCUT2D eigenvalue weighted by atomic mass is 10.1. The predicted octanol–water partition coefficient (Wildman–Crippen LogP) is 2.36. The topological polar surface area (TPSA) is 93.2 Å². The molecule has 0 saturated heterocycles. The van der Waals surface area contributed by atoms with Crippen LogP contribution in [0, 0.1) is 5.92 Å². The molecule has 0 unspecified atom stereocenters. The highest BCUT2D eigenvalue weighted by atomic mass is 32.2. The monoisotopic (exact) mass is 332 g/mol. The molecule has 1 aromatic rings. The molecule has 2 amide bonds. The molecule has 1 aromatic heterocycles. The van der Waals surface area contributed by atoms with Crippen molar-refractivity contribution in [2.75, 3.05) is 17.7 Å². The first-order chi connectivity index (χ1) is 9.92. The molecule has 2 N–H and O–H groups in total. The van der Waals surface area contributed by atoms with E-state index in [2.05, 4.69) is 34.7 Å². The van der Waals surface area contributed by atoms with Crippen LogP contribution in [0.4, 0.5) is 9.93 Å². The van der Waals surface area contributed by atoms with E-state index in [0.29, 0.717) is 22.0 Å². The van der Waals surface area contributed by atoms with E-state index in [0.717, 1.165) is 0 Å². The summed E-state index contributed by atoms with van der Waals surface area (Å²) in [6.45, 7) is 8.09. The lowest BCUT2D eigenvalue weighted by Gasteiger charge is -2.16. The summed E-state index contributed by atoms with van der Waals surface area (Å²) >= 11 is 2.49. The maximum atomic E-state index is 11.7. The van der Waals surface area contributed by atoms with E-state index < -0.39 is 6.09 Å². The number of aromatic nitrogens is 2. The number of carbonyl (C=O) groups is 2. The minimum Gasteiger partial charge on any atom is -0.450 e. The number of nitrogens with one attached hydrogen (secondary N) is 2. The molecule has 0 spiro atoms. The Labute approximate surface area is 132 Å². The zero-order chi connectivity index (χ0) is 15.8. The first kappa shape index (κ1) is 17.7. The van der Waals surface area contributed by atoms with Crippen molar-refractivity contribution >= 4 is 40.2 Å². The summed E-state index contributed by atoms with van der Waals surface area (Å²) in [6.07, 6.45) is -0.561. The van der Waals surface area contributed by atoms with Crippen molar-refractivity contribution in [3.8, 4) is 0 Å². The number of hydrogen-bond acceptors (Lipinski definition) is 7. The molecule has 0 aliphatic rings. The summed E-state index contributed by atoms with van der Waals surface area (Å²) in [4.78, 5) is 22.9. The van der Waals surface area contributed by atoms with Crippen LogP contribution in [-0.4, -0.2) is 40.6 Å². The Morgan fingerprint density at radius 2 is 2.05 bits per heavy atom. The predicted molar refractivity (Wildman–Crippen MR) is 83.7 cm³/mol. The molecule has 118 valence electrons. The van der Waals surface area contributed by atoms with Crippen molar-refractivity contribution in [2.45, 2.75) is 38.1 Å². The molecule has 0 saturated carbocycles. The second-order valence-corrected chi connectivity index (χ2v) is 6.81. The van der Waals surface area contributed by atoms with Crippen molar-refractivity contribution in [2.24, 2.45) is 5.92 Å². The fraction of sp³-hybridized carbons (Fsp3) is 0.667. The Bertz CT molecular complexity index is 479. The van der Waals surface area contributed by atoms with Crippen LogP contribution in [0.2, 0.25) is 0 Å². The molecule has 0 aromatic carbocycles. The average Bonchev–Trinajstić information content (AvgIpc) is 2.84. The maximum Gasteiger partial charge on any atom is 0.413 e. The third-order valence-corrected chi connectivity index (χ3v) is 4.58. The van der Waals surface area contributed by atoms with Gasteiger partial charge < -0.3 is 10.1 Å². The number of rotatable bonds is 7. The van der Waals surface area contributed by atoms with Gasteiger partial charge in [-0.1, -0.05) is 36.9 Å². The molecule has 0 radical (unpaired) electrons. The Balaban J connectivity index is 2.38. The van der Waals surface area contributed by atoms with E-state index in [9.17, 15) is 9.59 Å². The first-order valence-electron chi connectivity index (χ1n) is 6.61. The van der Waals surface area contributed by atoms with Gasteiger partial charge in [0.2, 0.25) is 11.0 Å². The second kappa shape index (κ2) is 8.83. The summed E-state index contributed by atoms with van der Waals surface area (Å²) in [6, 6.07) is 0.133. The van der Waals surface area contributed by atoms with Crippen molar-refractivity contribution in [3.63, 3.8) is 0 Å². The normalized spacial score (nSPS) is 12.0. The number of carbonyl (C=O) groups excluding carboxylic acids is 2. The van der Waals surface area contributed by atoms with Gasteiger partial charge in [0.05, 0.1) is 12.4 Å². The highest BCUT2D eigenvalue weighted by Gasteiger charge is 2.13. The van der Waals surface area contributed by atoms with Gasteiger partial charge in [0.25, 0.3) is 0 Å². The van der Waals surface area contributed by atoms with Gasteiger partial charge in [0.15, 0.2) is 4.34 Å². The van der Waals surface area contributed by atoms with E-state index in [4.69, 9.17) is 4.74 Å². The fourth-order valence-corrected chi connectivity index (χ4v) is 2.71. The average molecular weight is 332 g/mol. The van der Waals surface area contributed by atoms with Crippen LogP contribution in [-0.2, 0) is 9.53 Å². The molecular formula is C12H20N4O3S2. The van der Waals surface area contributed by atoms with Crippen molar-refractivity contribution < 1.29 is 14.3 Å². The number of nitrogens with zero attached hydrogens (tertiary/aromatic N) is 2. The number of ether oxygens (including phenoxy) is 1. The zero-order valence-corrected chi connectivity index (χ0v) is 14.1. The van der Waals surface area contributed by atoms with E-state index in [1.54, 1.807) is 6.92 Å². The van der Waals surface area contributed by atoms with Crippen LogP contribution < -0.4 is 10.6 Å². The summed E-state index contributed by atoms with van der Waals surface area (Å²) in [5, 5.41) is 13.4. The van der Waals surface area contributed by atoms with Crippen LogP contribution >= 0.6 is 23.1 Å². The molecular weight excluding hydrogens is 312 g/mol. The van der Waals surface area contributed by atoms with E-state index >= 15 is 0 Å². The first-order valence-corrected chi connectivity index (χ1v) is 8.42. The van der Waals surface area contributed by atoms with E-state index in [-0.39, 0.29) is 17.7 Å². The van der Waals surface area contributed by atoms with Crippen molar-refractivity contribution in [1.82, 2.24) is 15.5 Å². The molecule has 0 fully saturated rings. The zero-order valence-electron chi connectivity index (χ0n) is 12.5. The minimum absolute atomic E-state index is 0.0451. The van der Waals surface area contributed by atoms with Crippen LogP contribution in [0.3, 0.4) is 0 Å². The second-order valence-electron chi connectivity index (χ2n) is 4.61. The Morgan fingerprint density at radius 3 is 2.67 bits per heavy atom. The van der Waals surface area contributed by atoms with Gasteiger partial charge in [0.1, 0.15) is 0 Å². The molecule has 0 bridgehead atoms. The summed E-state index contributed by atoms with van der Waals surface area (Å²) < 4.78 is 5.36. The van der Waals surface area contributed by atoms with Gasteiger partial charge in [-0.25, -0.2) is 4.79 Å². The highest BCUT2D eigenvalue weighted by Crippen LogP contribution is 2.25. The molecule has 9 heteroatoms. The standard InChI is InChI=1S/C12H20N4O3S2/c1-5-19-11(18)14-10-15-16-12(21-10)20-6-9(17)13-8(4)7(2)3/h7-8H,5-6H2,1-4H3,(H,13,17)(H,14,15,18)/t8-/m1/s1. The fourth-order valence-electron chi connectivity index (χ4n) is 1.16. The summed E-state index contributed by atoms with van der Waals surface area (Å²) in [5.41, 5.74) is 0. The molecule has 0 aliphatic heterocycles. The van der Waals surface area contributed by atoms with Gasteiger partial charge in [-0.05, 0) is 19.8 Å². The Kier molecular flexibility index (Phi) is 7.44. The van der Waals surface area contributed by atoms with Crippen LogP contribution in [0.5, 0.6) is 0 Å². The third kappa shape index (κ3) is 6.76. The highest BCUT2D eigenvalue weighted by molar-refractivity contribution is 8.01. The van der Waals surface area contributed by atoms with E-state index in [1.165, 1.54) is 23.1 Å². The largest absolute Gasteiger partial charge is 0.450 e. The van der Waals surface area contributed by atoms with Gasteiger partial charge in [0, 0.05) is 6.04 Å². The number of hydrogen-bond donors (Lipinski definition) is 2. The maximum absolute atomic E-state index is 11.7. The summed E-state index contributed by atoms with van der Waals surface area (Å²) in [7, 11) is 0. The van der Waals surface area contributed by atoms with Gasteiger partial charge in [-0.15, -0.1) is 10.2 Å². The lowest BCUT2D eigenvalue weighted by molar-refractivity contribution is -0.119. The molecule has 1 heterocycles. The van der Waals surface area contributed by atoms with Gasteiger partial charge in [-0.3, -0.25) is 10.1 Å². The van der Waals surface area contributed by atoms with Crippen molar-refractivity contribution in [1.29, 1.82) is 0 Å². The molecule has 0 aliphatic carbocycles. The van der Waals surface area contributed by atoms with E-state index in [1.807, 2.05) is 6.92 Å². The lowest BCUT2D eigenvalue weighted by Crippen LogP contribution is -2.37. The minimum atomic E-state index is -0.561. The van der Waals surface area contributed by atoms with Crippen LogP contribution in [0.25, 0.3) is 0 Å². The van der Waals surface area contributed by atoms with Crippen LogP contribution in [0.1, 0.15) is 27.7 Å². The number of amides is 2.